The van der Waals surface area contributed by atoms with Crippen LogP contribution in [-0.4, -0.2) is 42.5 Å². The molecule has 1 aliphatic heterocycles. The molecule has 1 saturated heterocycles. The van der Waals surface area contributed by atoms with E-state index in [4.69, 9.17) is 5.73 Å². The minimum Gasteiger partial charge on any atom is -0.337 e. The molecule has 0 radical (unpaired) electrons. The molecule has 21 heavy (non-hydrogen) atoms. The number of hydrogen-bond donors (Lipinski definition) is 2. The Kier molecular flexibility index (Phi) is 6.01. The summed E-state index contributed by atoms with van der Waals surface area (Å²) >= 11 is 0. The molecule has 5 nitrogen and oxygen atoms in total. The van der Waals surface area contributed by atoms with Gasteiger partial charge in [0.05, 0.1) is 12.6 Å². The van der Waals surface area contributed by atoms with E-state index in [1.165, 1.54) is 12.8 Å². The highest BCUT2D eigenvalue weighted by Crippen LogP contribution is 2.27. The Balaban J connectivity index is 1.82. The minimum absolute atomic E-state index is 0.00634. The van der Waals surface area contributed by atoms with Crippen molar-refractivity contribution in [3.8, 4) is 6.07 Å². The van der Waals surface area contributed by atoms with Crippen LogP contribution in [0.5, 0.6) is 0 Å². The summed E-state index contributed by atoms with van der Waals surface area (Å²) in [4.78, 5) is 14.5. The molecule has 1 unspecified atom stereocenters. The summed E-state index contributed by atoms with van der Waals surface area (Å²) in [6, 6.07) is 2.35. The molecular formula is C16H28N4O. The number of nitrogens with zero attached hydrogens (tertiary/aromatic N) is 2. The lowest BCUT2D eigenvalue weighted by Crippen LogP contribution is -2.52. The second-order valence-electron chi connectivity index (χ2n) is 6.62. The van der Waals surface area contributed by atoms with Crippen LogP contribution in [-0.2, 0) is 4.79 Å². The summed E-state index contributed by atoms with van der Waals surface area (Å²) in [5.74, 6) is 0.628. The Labute approximate surface area is 127 Å². The molecule has 2 aliphatic rings. The van der Waals surface area contributed by atoms with Crippen LogP contribution in [0.4, 0.5) is 0 Å². The van der Waals surface area contributed by atoms with Crippen LogP contribution in [0.1, 0.15) is 51.4 Å². The normalized spacial score (nSPS) is 26.0. The standard InChI is InChI=1S/C16H28N4O/c17-9-6-14-5-4-10-20(11-14)12-15(21)19-16(13-18)7-2-1-3-8-16/h14H,1-12,17H2,(H,19,21). The Bertz CT molecular complexity index is 382. The molecule has 3 N–H and O–H groups in total. The topological polar surface area (TPSA) is 82.2 Å². The molecule has 0 aromatic carbocycles. The first-order chi connectivity index (χ1) is 10.2. The number of carbonyl (C=O) groups is 1. The average Bonchev–Trinajstić information content (AvgIpc) is 2.49. The second-order valence-corrected chi connectivity index (χ2v) is 6.62. The summed E-state index contributed by atoms with van der Waals surface area (Å²) < 4.78 is 0. The van der Waals surface area contributed by atoms with Gasteiger partial charge in [-0.25, -0.2) is 0 Å². The van der Waals surface area contributed by atoms with Crippen molar-refractivity contribution in [2.45, 2.75) is 56.9 Å². The molecule has 0 spiro atoms. The minimum atomic E-state index is -0.609. The average molecular weight is 292 g/mol. The zero-order valence-corrected chi connectivity index (χ0v) is 12.9. The van der Waals surface area contributed by atoms with E-state index in [0.717, 1.165) is 58.2 Å². The van der Waals surface area contributed by atoms with Crippen molar-refractivity contribution in [2.24, 2.45) is 11.7 Å². The molecule has 1 heterocycles. The monoisotopic (exact) mass is 292 g/mol. The summed E-state index contributed by atoms with van der Waals surface area (Å²) in [5, 5.41) is 12.4. The summed E-state index contributed by atoms with van der Waals surface area (Å²) in [5.41, 5.74) is 5.02. The Morgan fingerprint density at radius 3 is 2.76 bits per heavy atom. The number of nitrogens with two attached hydrogens (primary N) is 1. The molecular weight excluding hydrogens is 264 g/mol. The van der Waals surface area contributed by atoms with Gasteiger partial charge in [-0.2, -0.15) is 5.26 Å². The number of likely N-dealkylation sites (tertiary alicyclic amines) is 1. The fourth-order valence-electron chi connectivity index (χ4n) is 3.70. The maximum Gasteiger partial charge on any atom is 0.235 e. The first-order valence-corrected chi connectivity index (χ1v) is 8.32. The van der Waals surface area contributed by atoms with Gasteiger partial charge in [0.2, 0.25) is 5.91 Å². The van der Waals surface area contributed by atoms with Crippen LogP contribution >= 0.6 is 0 Å². The number of carbonyl (C=O) groups excluding carboxylic acids is 1. The fraction of sp³-hybridized carbons (Fsp3) is 0.875. The molecule has 1 atom stereocenters. The lowest BCUT2D eigenvalue weighted by atomic mass is 9.83. The van der Waals surface area contributed by atoms with Crippen molar-refractivity contribution in [3.05, 3.63) is 0 Å². The van der Waals surface area contributed by atoms with Gasteiger partial charge >= 0.3 is 0 Å². The number of nitriles is 1. The maximum absolute atomic E-state index is 12.3. The Morgan fingerprint density at radius 2 is 2.10 bits per heavy atom. The second kappa shape index (κ2) is 7.77. The van der Waals surface area contributed by atoms with Gasteiger partial charge in [0.1, 0.15) is 5.54 Å². The van der Waals surface area contributed by atoms with Crippen molar-refractivity contribution in [1.82, 2.24) is 10.2 Å². The number of amides is 1. The molecule has 0 aromatic rings. The van der Waals surface area contributed by atoms with Gasteiger partial charge in [-0.3, -0.25) is 9.69 Å². The van der Waals surface area contributed by atoms with E-state index in [-0.39, 0.29) is 5.91 Å². The third-order valence-electron chi connectivity index (χ3n) is 4.85. The van der Waals surface area contributed by atoms with Crippen molar-refractivity contribution in [1.29, 1.82) is 5.26 Å². The largest absolute Gasteiger partial charge is 0.337 e. The molecule has 1 amide bonds. The molecule has 118 valence electrons. The molecule has 5 heteroatoms. The van der Waals surface area contributed by atoms with E-state index >= 15 is 0 Å². The van der Waals surface area contributed by atoms with Crippen LogP contribution in [0, 0.1) is 17.2 Å². The van der Waals surface area contributed by atoms with Gasteiger partial charge in [0.15, 0.2) is 0 Å². The first kappa shape index (κ1) is 16.3. The predicted molar refractivity (Wildman–Crippen MR) is 82.4 cm³/mol. The highest BCUT2D eigenvalue weighted by Gasteiger charge is 2.34. The highest BCUT2D eigenvalue weighted by atomic mass is 16.2. The number of rotatable bonds is 5. The predicted octanol–water partition coefficient (Wildman–Crippen LogP) is 1.39. The summed E-state index contributed by atoms with van der Waals surface area (Å²) in [6.45, 7) is 3.09. The zero-order chi connectivity index (χ0) is 15.1. The summed E-state index contributed by atoms with van der Waals surface area (Å²) in [6.07, 6.45) is 8.24. The van der Waals surface area contributed by atoms with Crippen LogP contribution in [0.2, 0.25) is 0 Å². The summed E-state index contributed by atoms with van der Waals surface area (Å²) in [7, 11) is 0. The van der Waals surface area contributed by atoms with Crippen LogP contribution in [0.25, 0.3) is 0 Å². The fourth-order valence-corrected chi connectivity index (χ4v) is 3.70. The molecule has 1 saturated carbocycles. The van der Waals surface area contributed by atoms with Gasteiger partial charge in [-0.15, -0.1) is 0 Å². The van der Waals surface area contributed by atoms with E-state index in [0.29, 0.717) is 12.5 Å². The van der Waals surface area contributed by atoms with Crippen molar-refractivity contribution in [2.75, 3.05) is 26.2 Å². The molecule has 0 bridgehead atoms. The quantitative estimate of drug-likeness (QED) is 0.802. The Morgan fingerprint density at radius 1 is 1.33 bits per heavy atom. The van der Waals surface area contributed by atoms with Crippen molar-refractivity contribution < 1.29 is 4.79 Å². The maximum atomic E-state index is 12.3. The number of nitrogens with one attached hydrogen (secondary N) is 1. The van der Waals surface area contributed by atoms with E-state index < -0.39 is 5.54 Å². The molecule has 2 fully saturated rings. The van der Waals surface area contributed by atoms with E-state index in [9.17, 15) is 10.1 Å². The third kappa shape index (κ3) is 4.69. The SMILES string of the molecule is N#CC1(NC(=O)CN2CCCC(CCN)C2)CCCCC1. The Hall–Kier alpha value is -1.12. The van der Waals surface area contributed by atoms with E-state index in [1.54, 1.807) is 0 Å². The highest BCUT2D eigenvalue weighted by molar-refractivity contribution is 5.79. The van der Waals surface area contributed by atoms with Gasteiger partial charge in [0, 0.05) is 6.54 Å². The lowest BCUT2D eigenvalue weighted by Gasteiger charge is -2.35. The van der Waals surface area contributed by atoms with Gasteiger partial charge in [-0.1, -0.05) is 19.3 Å². The lowest BCUT2D eigenvalue weighted by molar-refractivity contribution is -0.124. The van der Waals surface area contributed by atoms with E-state index in [2.05, 4.69) is 16.3 Å². The van der Waals surface area contributed by atoms with Gasteiger partial charge in [0.25, 0.3) is 0 Å². The van der Waals surface area contributed by atoms with Crippen molar-refractivity contribution in [3.63, 3.8) is 0 Å². The first-order valence-electron chi connectivity index (χ1n) is 8.32. The molecule has 2 rings (SSSR count). The van der Waals surface area contributed by atoms with Gasteiger partial charge < -0.3 is 11.1 Å². The van der Waals surface area contributed by atoms with Crippen LogP contribution in [0.15, 0.2) is 0 Å². The van der Waals surface area contributed by atoms with Crippen LogP contribution in [0.3, 0.4) is 0 Å². The van der Waals surface area contributed by atoms with E-state index in [1.807, 2.05) is 0 Å². The number of piperidine rings is 1. The third-order valence-corrected chi connectivity index (χ3v) is 4.85. The molecule has 1 aliphatic carbocycles. The van der Waals surface area contributed by atoms with Crippen molar-refractivity contribution >= 4 is 5.91 Å². The molecule has 0 aromatic heterocycles. The number of hydrogen-bond acceptors (Lipinski definition) is 4. The smallest absolute Gasteiger partial charge is 0.235 e. The van der Waals surface area contributed by atoms with Crippen LogP contribution < -0.4 is 11.1 Å². The zero-order valence-electron chi connectivity index (χ0n) is 12.9. The van der Waals surface area contributed by atoms with Gasteiger partial charge in [-0.05, 0) is 51.1 Å².